The molecule has 0 atom stereocenters. The summed E-state index contributed by atoms with van der Waals surface area (Å²) in [5.74, 6) is 2.14. The van der Waals surface area contributed by atoms with Crippen molar-refractivity contribution in [3.63, 3.8) is 0 Å². The molecule has 4 heteroatoms. The first kappa shape index (κ1) is 10.5. The topological polar surface area (TPSA) is 66.7 Å². The van der Waals surface area contributed by atoms with Gasteiger partial charge in [0.25, 0.3) is 0 Å². The second kappa shape index (κ2) is 4.26. The van der Waals surface area contributed by atoms with Gasteiger partial charge in [-0.2, -0.15) is 0 Å². The Morgan fingerprint density at radius 1 is 1.31 bits per heavy atom. The number of imidazole rings is 1. The van der Waals surface area contributed by atoms with Crippen LogP contribution in [0.4, 0.5) is 11.6 Å². The zero-order chi connectivity index (χ0) is 11.5. The molecular formula is C12H16N4. The first-order valence-electron chi connectivity index (χ1n) is 5.27. The number of benzene rings is 1. The molecule has 0 saturated heterocycles. The van der Waals surface area contributed by atoms with Gasteiger partial charge in [0.1, 0.15) is 11.6 Å². The molecule has 0 spiro atoms. The van der Waals surface area contributed by atoms with Crippen LogP contribution in [0.2, 0.25) is 0 Å². The molecule has 4 nitrogen and oxygen atoms in total. The van der Waals surface area contributed by atoms with Crippen LogP contribution in [-0.4, -0.2) is 9.97 Å². The van der Waals surface area contributed by atoms with Gasteiger partial charge in [0.2, 0.25) is 0 Å². The number of H-pyrrole nitrogens is 1. The van der Waals surface area contributed by atoms with Gasteiger partial charge < -0.3 is 16.0 Å². The van der Waals surface area contributed by atoms with Crippen LogP contribution in [0, 0.1) is 13.8 Å². The van der Waals surface area contributed by atoms with E-state index in [0.29, 0.717) is 5.82 Å². The number of hydrogen-bond acceptors (Lipinski definition) is 3. The second-order valence-corrected chi connectivity index (χ2v) is 3.86. The summed E-state index contributed by atoms with van der Waals surface area (Å²) in [5.41, 5.74) is 8.28. The monoisotopic (exact) mass is 216 g/mol. The summed E-state index contributed by atoms with van der Waals surface area (Å²) in [5, 5.41) is 3.22. The maximum atomic E-state index is 5.76. The van der Waals surface area contributed by atoms with E-state index in [0.717, 1.165) is 18.2 Å². The summed E-state index contributed by atoms with van der Waals surface area (Å²) in [6.45, 7) is 4.71. The fraction of sp³-hybridized carbons (Fsp3) is 0.250. The number of anilines is 2. The number of nitrogens with two attached hydrogens (primary N) is 1. The Bertz CT molecular complexity index is 488. The molecule has 4 N–H and O–H groups in total. The minimum Gasteiger partial charge on any atom is -0.382 e. The number of nitrogens with zero attached hydrogens (tertiary/aromatic N) is 1. The Balaban J connectivity index is 2.08. The average molecular weight is 216 g/mol. The molecule has 1 aromatic heterocycles. The summed E-state index contributed by atoms with van der Waals surface area (Å²) in [6.07, 6.45) is 0. The van der Waals surface area contributed by atoms with Crippen molar-refractivity contribution in [3.05, 3.63) is 41.2 Å². The third kappa shape index (κ3) is 2.16. The fourth-order valence-electron chi connectivity index (χ4n) is 1.63. The van der Waals surface area contributed by atoms with Gasteiger partial charge in [0.05, 0.1) is 0 Å². The predicted molar refractivity (Wildman–Crippen MR) is 66.2 cm³/mol. The number of aryl methyl sites for hydroxylation is 2. The molecule has 0 unspecified atom stereocenters. The van der Waals surface area contributed by atoms with E-state index in [9.17, 15) is 0 Å². The first-order chi connectivity index (χ1) is 7.66. The molecule has 0 saturated carbocycles. The SMILES string of the molecule is Cc1nc(NCc2ccccc2C)c(N)[nH]1. The lowest BCUT2D eigenvalue weighted by Crippen LogP contribution is -2.03. The summed E-state index contributed by atoms with van der Waals surface area (Å²) in [7, 11) is 0. The number of rotatable bonds is 3. The van der Waals surface area contributed by atoms with Crippen molar-refractivity contribution >= 4 is 11.6 Å². The van der Waals surface area contributed by atoms with E-state index in [4.69, 9.17) is 5.73 Å². The van der Waals surface area contributed by atoms with Gasteiger partial charge in [-0.1, -0.05) is 24.3 Å². The van der Waals surface area contributed by atoms with Crippen molar-refractivity contribution in [2.45, 2.75) is 20.4 Å². The molecule has 0 fully saturated rings. The summed E-state index contributed by atoms with van der Waals surface area (Å²) in [6, 6.07) is 8.25. The van der Waals surface area contributed by atoms with Gasteiger partial charge in [-0.15, -0.1) is 0 Å². The highest BCUT2D eigenvalue weighted by Gasteiger charge is 2.04. The lowest BCUT2D eigenvalue weighted by atomic mass is 10.1. The molecule has 0 aliphatic heterocycles. The zero-order valence-corrected chi connectivity index (χ0v) is 9.54. The standard InChI is InChI=1S/C12H16N4/c1-8-5-3-4-6-10(8)7-14-12-11(13)15-9(2)16-12/h3-6,14H,7,13H2,1-2H3,(H,15,16). The van der Waals surface area contributed by atoms with E-state index in [1.165, 1.54) is 11.1 Å². The van der Waals surface area contributed by atoms with E-state index in [2.05, 4.69) is 34.3 Å². The van der Waals surface area contributed by atoms with E-state index in [-0.39, 0.29) is 0 Å². The van der Waals surface area contributed by atoms with Gasteiger partial charge >= 0.3 is 0 Å². The number of nitrogens with one attached hydrogen (secondary N) is 2. The van der Waals surface area contributed by atoms with Crippen molar-refractivity contribution in [1.29, 1.82) is 0 Å². The Morgan fingerprint density at radius 2 is 2.06 bits per heavy atom. The quantitative estimate of drug-likeness (QED) is 0.737. The predicted octanol–water partition coefficient (Wildman–Crippen LogP) is 2.22. The zero-order valence-electron chi connectivity index (χ0n) is 9.54. The van der Waals surface area contributed by atoms with Crippen LogP contribution in [0.25, 0.3) is 0 Å². The number of aromatic amines is 1. The van der Waals surface area contributed by atoms with Crippen LogP contribution >= 0.6 is 0 Å². The molecule has 0 radical (unpaired) electrons. The lowest BCUT2D eigenvalue weighted by Gasteiger charge is -2.06. The van der Waals surface area contributed by atoms with Crippen LogP contribution in [0.3, 0.4) is 0 Å². The average Bonchev–Trinajstić information content (AvgIpc) is 2.56. The highest BCUT2D eigenvalue weighted by molar-refractivity contribution is 5.57. The minimum atomic E-state index is 0.589. The molecule has 0 aliphatic carbocycles. The van der Waals surface area contributed by atoms with Gasteiger partial charge in [-0.3, -0.25) is 0 Å². The van der Waals surface area contributed by atoms with Gasteiger partial charge in [-0.25, -0.2) is 4.98 Å². The normalized spacial score (nSPS) is 10.4. The number of aromatic nitrogens is 2. The van der Waals surface area contributed by atoms with Crippen LogP contribution in [-0.2, 0) is 6.54 Å². The first-order valence-corrected chi connectivity index (χ1v) is 5.27. The maximum Gasteiger partial charge on any atom is 0.169 e. The van der Waals surface area contributed by atoms with E-state index < -0.39 is 0 Å². The van der Waals surface area contributed by atoms with Crippen LogP contribution in [0.5, 0.6) is 0 Å². The Hall–Kier alpha value is -1.97. The van der Waals surface area contributed by atoms with E-state index in [1.54, 1.807) is 0 Å². The lowest BCUT2D eigenvalue weighted by molar-refractivity contribution is 1.09. The third-order valence-electron chi connectivity index (χ3n) is 2.56. The highest BCUT2D eigenvalue weighted by atomic mass is 15.1. The van der Waals surface area contributed by atoms with Crippen LogP contribution in [0.15, 0.2) is 24.3 Å². The highest BCUT2D eigenvalue weighted by Crippen LogP contribution is 2.16. The van der Waals surface area contributed by atoms with Crippen LogP contribution < -0.4 is 11.1 Å². The molecule has 1 heterocycles. The molecule has 0 aliphatic rings. The number of nitrogen functional groups attached to an aromatic ring is 1. The minimum absolute atomic E-state index is 0.589. The molecular weight excluding hydrogens is 200 g/mol. The maximum absolute atomic E-state index is 5.76. The van der Waals surface area contributed by atoms with Crippen molar-refractivity contribution < 1.29 is 0 Å². The molecule has 84 valence electrons. The van der Waals surface area contributed by atoms with Gasteiger partial charge in [0.15, 0.2) is 5.82 Å². The van der Waals surface area contributed by atoms with Crippen molar-refractivity contribution in [3.8, 4) is 0 Å². The third-order valence-corrected chi connectivity index (χ3v) is 2.56. The van der Waals surface area contributed by atoms with Crippen molar-refractivity contribution in [2.24, 2.45) is 0 Å². The Morgan fingerprint density at radius 3 is 2.69 bits per heavy atom. The van der Waals surface area contributed by atoms with E-state index >= 15 is 0 Å². The summed E-state index contributed by atoms with van der Waals surface area (Å²) in [4.78, 5) is 7.23. The van der Waals surface area contributed by atoms with Crippen LogP contribution in [0.1, 0.15) is 17.0 Å². The largest absolute Gasteiger partial charge is 0.382 e. The van der Waals surface area contributed by atoms with Gasteiger partial charge in [0, 0.05) is 6.54 Å². The molecule has 0 amide bonds. The second-order valence-electron chi connectivity index (χ2n) is 3.86. The number of hydrogen-bond donors (Lipinski definition) is 3. The van der Waals surface area contributed by atoms with Crippen molar-refractivity contribution in [1.82, 2.24) is 9.97 Å². The summed E-state index contributed by atoms with van der Waals surface area (Å²) >= 11 is 0. The molecule has 2 aromatic rings. The molecule has 1 aromatic carbocycles. The van der Waals surface area contributed by atoms with Crippen molar-refractivity contribution in [2.75, 3.05) is 11.1 Å². The summed E-state index contributed by atoms with van der Waals surface area (Å²) < 4.78 is 0. The fourth-order valence-corrected chi connectivity index (χ4v) is 1.63. The Labute approximate surface area is 94.9 Å². The van der Waals surface area contributed by atoms with Gasteiger partial charge in [-0.05, 0) is 25.0 Å². The molecule has 0 bridgehead atoms. The Kier molecular flexibility index (Phi) is 2.81. The van der Waals surface area contributed by atoms with E-state index in [1.807, 2.05) is 19.1 Å². The molecule has 16 heavy (non-hydrogen) atoms. The molecule has 2 rings (SSSR count). The smallest absolute Gasteiger partial charge is 0.169 e.